The molecule has 2 aromatic carbocycles. The molecule has 3 atom stereocenters. The van der Waals surface area contributed by atoms with E-state index in [9.17, 15) is 14.7 Å². The fourth-order valence-corrected chi connectivity index (χ4v) is 4.15. The van der Waals surface area contributed by atoms with Gasteiger partial charge in [-0.3, -0.25) is 4.79 Å². The second kappa shape index (κ2) is 12.3. The van der Waals surface area contributed by atoms with Crippen LogP contribution in [0.25, 0.3) is 0 Å². The fourth-order valence-electron chi connectivity index (χ4n) is 4.15. The van der Waals surface area contributed by atoms with Crippen LogP contribution >= 0.6 is 0 Å². The van der Waals surface area contributed by atoms with E-state index in [4.69, 9.17) is 4.74 Å². The molecule has 8 heteroatoms. The maximum Gasteiger partial charge on any atom is 0.321 e. The standard InChI is InChI=1S/C30H32N4O4/c1-21-18-34(22(2)20-35)29(36)26-16-24(15-14-23-10-6-4-7-11-23)17-31-28(26)38-27(21)19-33(3)30(37)32-25-12-8-5-9-13-25/h4-13,16-17,21-22,27,35H,18-20H2,1-3H3,(H,32,37)/t21-,22+,27-/m0/s1. The van der Waals surface area contributed by atoms with E-state index in [0.717, 1.165) is 5.56 Å². The van der Waals surface area contributed by atoms with E-state index in [2.05, 4.69) is 22.1 Å². The topological polar surface area (TPSA) is 95.0 Å². The molecule has 0 bridgehead atoms. The minimum absolute atomic E-state index is 0.146. The Labute approximate surface area is 223 Å². The lowest BCUT2D eigenvalue weighted by atomic mass is 10.00. The molecular weight excluding hydrogens is 480 g/mol. The van der Waals surface area contributed by atoms with Crippen molar-refractivity contribution in [2.75, 3.05) is 32.1 Å². The smallest absolute Gasteiger partial charge is 0.321 e. The predicted octanol–water partition coefficient (Wildman–Crippen LogP) is 3.87. The zero-order valence-corrected chi connectivity index (χ0v) is 21.8. The molecule has 0 saturated heterocycles. The maximum absolute atomic E-state index is 13.6. The quantitative estimate of drug-likeness (QED) is 0.506. The number of ether oxygens (including phenoxy) is 1. The summed E-state index contributed by atoms with van der Waals surface area (Å²) in [7, 11) is 1.70. The minimum atomic E-state index is -0.449. The Morgan fingerprint density at radius 1 is 1.16 bits per heavy atom. The molecule has 1 aliphatic heterocycles. The van der Waals surface area contributed by atoms with Crippen molar-refractivity contribution in [1.82, 2.24) is 14.8 Å². The summed E-state index contributed by atoms with van der Waals surface area (Å²) in [6.45, 7) is 4.20. The molecule has 2 N–H and O–H groups in total. The number of urea groups is 1. The van der Waals surface area contributed by atoms with Crippen molar-refractivity contribution in [3.8, 4) is 17.7 Å². The number of para-hydroxylation sites is 1. The van der Waals surface area contributed by atoms with E-state index in [1.807, 2.05) is 67.6 Å². The van der Waals surface area contributed by atoms with E-state index in [0.29, 0.717) is 17.8 Å². The molecule has 0 fully saturated rings. The Morgan fingerprint density at radius 3 is 2.50 bits per heavy atom. The summed E-state index contributed by atoms with van der Waals surface area (Å²) in [5.41, 5.74) is 2.40. The molecule has 196 valence electrons. The highest BCUT2D eigenvalue weighted by molar-refractivity contribution is 5.97. The predicted molar refractivity (Wildman–Crippen MR) is 146 cm³/mol. The number of rotatable bonds is 5. The number of amides is 3. The highest BCUT2D eigenvalue weighted by atomic mass is 16.5. The lowest BCUT2D eigenvalue weighted by Crippen LogP contribution is -2.50. The van der Waals surface area contributed by atoms with Gasteiger partial charge < -0.3 is 25.0 Å². The van der Waals surface area contributed by atoms with Crippen LogP contribution in [0.2, 0.25) is 0 Å². The minimum Gasteiger partial charge on any atom is -0.472 e. The third-order valence-electron chi connectivity index (χ3n) is 6.47. The van der Waals surface area contributed by atoms with Crippen molar-refractivity contribution >= 4 is 17.6 Å². The summed E-state index contributed by atoms with van der Waals surface area (Å²) < 4.78 is 6.28. The number of carbonyl (C=O) groups excluding carboxylic acids is 2. The second-order valence-corrected chi connectivity index (χ2v) is 9.49. The maximum atomic E-state index is 13.6. The molecule has 0 radical (unpaired) electrons. The number of likely N-dealkylation sites (N-methyl/N-ethyl adjacent to an activating group) is 1. The Kier molecular flexibility index (Phi) is 8.62. The number of nitrogens with one attached hydrogen (secondary N) is 1. The Hall–Kier alpha value is -4.35. The zero-order valence-electron chi connectivity index (χ0n) is 21.8. The third kappa shape index (κ3) is 6.50. The van der Waals surface area contributed by atoms with E-state index >= 15 is 0 Å². The van der Waals surface area contributed by atoms with Gasteiger partial charge in [-0.15, -0.1) is 0 Å². The van der Waals surface area contributed by atoms with Crippen LogP contribution in [0.3, 0.4) is 0 Å². The number of nitrogens with zero attached hydrogens (tertiary/aromatic N) is 3. The Morgan fingerprint density at radius 2 is 1.82 bits per heavy atom. The van der Waals surface area contributed by atoms with Crippen LogP contribution < -0.4 is 10.1 Å². The Bertz CT molecular complexity index is 1320. The molecule has 0 saturated carbocycles. The number of aromatic nitrogens is 1. The summed E-state index contributed by atoms with van der Waals surface area (Å²) in [5.74, 6) is 5.91. The van der Waals surface area contributed by atoms with Crippen molar-refractivity contribution < 1.29 is 19.4 Å². The number of hydrogen-bond donors (Lipinski definition) is 2. The summed E-state index contributed by atoms with van der Waals surface area (Å²) in [6, 6.07) is 19.8. The van der Waals surface area contributed by atoms with Gasteiger partial charge in [-0.2, -0.15) is 0 Å². The monoisotopic (exact) mass is 512 g/mol. The fraction of sp³-hybridized carbons (Fsp3) is 0.300. The SMILES string of the molecule is C[C@H](CO)N1C[C@H](C)[C@H](CN(C)C(=O)Nc2ccccc2)Oc2ncc(C#Cc3ccccc3)cc2C1=O. The molecule has 38 heavy (non-hydrogen) atoms. The number of hydrogen-bond acceptors (Lipinski definition) is 5. The molecule has 1 aromatic heterocycles. The van der Waals surface area contributed by atoms with Crippen LogP contribution in [0, 0.1) is 17.8 Å². The summed E-state index contributed by atoms with van der Waals surface area (Å²) in [6.07, 6.45) is 1.13. The normalized spacial score (nSPS) is 17.6. The number of aliphatic hydroxyl groups is 1. The average molecular weight is 513 g/mol. The molecule has 3 aromatic rings. The van der Waals surface area contributed by atoms with Gasteiger partial charge in [0, 0.05) is 42.5 Å². The molecule has 4 rings (SSSR count). The van der Waals surface area contributed by atoms with Crippen molar-refractivity contribution in [3.05, 3.63) is 89.6 Å². The van der Waals surface area contributed by atoms with Crippen LogP contribution in [0.1, 0.15) is 35.3 Å². The first-order valence-corrected chi connectivity index (χ1v) is 12.6. The molecule has 2 heterocycles. The third-order valence-corrected chi connectivity index (χ3v) is 6.47. The van der Waals surface area contributed by atoms with Crippen molar-refractivity contribution in [1.29, 1.82) is 0 Å². The van der Waals surface area contributed by atoms with Crippen LogP contribution in [0.4, 0.5) is 10.5 Å². The summed E-state index contributed by atoms with van der Waals surface area (Å²) in [5, 5.41) is 12.7. The number of fused-ring (bicyclic) bond motifs is 1. The molecule has 0 spiro atoms. The van der Waals surface area contributed by atoms with E-state index in [-0.39, 0.29) is 42.5 Å². The van der Waals surface area contributed by atoms with Gasteiger partial charge in [0.15, 0.2) is 0 Å². The highest BCUT2D eigenvalue weighted by Gasteiger charge is 2.34. The number of benzene rings is 2. The molecule has 3 amide bonds. The average Bonchev–Trinajstić information content (AvgIpc) is 2.94. The first kappa shape index (κ1) is 26.7. The molecular formula is C30H32N4O4. The van der Waals surface area contributed by atoms with Crippen LogP contribution in [-0.2, 0) is 0 Å². The lowest BCUT2D eigenvalue weighted by Gasteiger charge is -2.37. The second-order valence-electron chi connectivity index (χ2n) is 9.49. The highest BCUT2D eigenvalue weighted by Crippen LogP contribution is 2.27. The van der Waals surface area contributed by atoms with Crippen LogP contribution in [0.15, 0.2) is 72.9 Å². The largest absolute Gasteiger partial charge is 0.472 e. The van der Waals surface area contributed by atoms with Crippen LogP contribution in [-0.4, -0.2) is 70.7 Å². The number of aliphatic hydroxyl groups excluding tert-OH is 1. The van der Waals surface area contributed by atoms with E-state index in [1.165, 1.54) is 0 Å². The van der Waals surface area contributed by atoms with Crippen molar-refractivity contribution in [3.63, 3.8) is 0 Å². The number of anilines is 1. The number of carbonyl (C=O) groups is 2. The lowest BCUT2D eigenvalue weighted by molar-refractivity contribution is 0.0356. The van der Waals surface area contributed by atoms with Gasteiger partial charge in [0.2, 0.25) is 5.88 Å². The van der Waals surface area contributed by atoms with Gasteiger partial charge in [-0.25, -0.2) is 9.78 Å². The van der Waals surface area contributed by atoms with Gasteiger partial charge in [0.25, 0.3) is 5.91 Å². The molecule has 0 unspecified atom stereocenters. The van der Waals surface area contributed by atoms with Crippen LogP contribution in [0.5, 0.6) is 5.88 Å². The summed E-state index contributed by atoms with van der Waals surface area (Å²) in [4.78, 5) is 34.0. The number of pyridine rings is 1. The molecule has 8 nitrogen and oxygen atoms in total. The van der Waals surface area contributed by atoms with E-state index < -0.39 is 12.1 Å². The van der Waals surface area contributed by atoms with Gasteiger partial charge in [0.05, 0.1) is 19.2 Å². The first-order chi connectivity index (χ1) is 18.4. The van der Waals surface area contributed by atoms with Gasteiger partial charge in [-0.05, 0) is 37.3 Å². The van der Waals surface area contributed by atoms with Crippen molar-refractivity contribution in [2.24, 2.45) is 5.92 Å². The first-order valence-electron chi connectivity index (χ1n) is 12.6. The van der Waals surface area contributed by atoms with Crippen molar-refractivity contribution in [2.45, 2.75) is 26.0 Å². The molecule has 1 aliphatic rings. The van der Waals surface area contributed by atoms with Gasteiger partial charge in [-0.1, -0.05) is 55.2 Å². The zero-order chi connectivity index (χ0) is 27.1. The van der Waals surface area contributed by atoms with Gasteiger partial charge >= 0.3 is 6.03 Å². The Balaban J connectivity index is 1.61. The summed E-state index contributed by atoms with van der Waals surface area (Å²) >= 11 is 0. The van der Waals surface area contributed by atoms with E-state index in [1.54, 1.807) is 36.0 Å². The van der Waals surface area contributed by atoms with Gasteiger partial charge in [0.1, 0.15) is 11.7 Å². The molecule has 0 aliphatic carbocycles.